The lowest BCUT2D eigenvalue weighted by Crippen LogP contribution is -2.10. The summed E-state index contributed by atoms with van der Waals surface area (Å²) in [6, 6.07) is 1.97. The van der Waals surface area contributed by atoms with E-state index in [2.05, 4.69) is 20.7 Å². The van der Waals surface area contributed by atoms with Crippen LogP contribution in [0, 0.1) is 27.7 Å². The van der Waals surface area contributed by atoms with Crippen molar-refractivity contribution in [2.45, 2.75) is 45.9 Å². The smallest absolute Gasteiger partial charge is 0.175 e. The predicted molar refractivity (Wildman–Crippen MR) is 103 cm³/mol. The van der Waals surface area contributed by atoms with Crippen molar-refractivity contribution in [3.8, 4) is 0 Å². The quantitative estimate of drug-likeness (QED) is 0.388. The summed E-state index contributed by atoms with van der Waals surface area (Å²) in [5, 5.41) is 0.875. The average Bonchev–Trinajstić information content (AvgIpc) is 3.02. The van der Waals surface area contributed by atoms with E-state index in [4.69, 9.17) is 4.74 Å². The van der Waals surface area contributed by atoms with Crippen LogP contribution in [0.4, 0.5) is 0 Å². The number of rotatable bonds is 9. The van der Waals surface area contributed by atoms with E-state index in [9.17, 15) is 4.79 Å². The van der Waals surface area contributed by atoms with Crippen LogP contribution in [-0.4, -0.2) is 39.4 Å². The van der Waals surface area contributed by atoms with Crippen molar-refractivity contribution in [3.63, 3.8) is 0 Å². The first-order valence-electron chi connectivity index (χ1n) is 8.37. The van der Waals surface area contributed by atoms with Gasteiger partial charge < -0.3 is 13.9 Å². The topological polar surface area (TPSA) is 49.0 Å². The van der Waals surface area contributed by atoms with Crippen LogP contribution in [0.5, 0.6) is 0 Å². The van der Waals surface area contributed by atoms with Gasteiger partial charge in [-0.2, -0.15) is 0 Å². The number of hydrogen-bond donors (Lipinski definition) is 0. The van der Waals surface area contributed by atoms with E-state index in [0.29, 0.717) is 12.4 Å². The van der Waals surface area contributed by atoms with E-state index >= 15 is 0 Å². The number of aryl methyl sites for hydroxylation is 2. The van der Waals surface area contributed by atoms with Crippen molar-refractivity contribution in [1.29, 1.82) is 0 Å². The zero-order valence-corrected chi connectivity index (χ0v) is 16.6. The van der Waals surface area contributed by atoms with Crippen LogP contribution in [0.1, 0.15) is 33.1 Å². The Morgan fingerprint density at radius 1 is 1.28 bits per heavy atom. The fraction of sp³-hybridized carbons (Fsp3) is 0.474. The second kappa shape index (κ2) is 8.54. The Morgan fingerprint density at radius 2 is 2.00 bits per heavy atom. The maximum Gasteiger partial charge on any atom is 0.175 e. The van der Waals surface area contributed by atoms with Gasteiger partial charge in [-0.1, -0.05) is 17.8 Å². The normalized spacial score (nSPS) is 11.1. The molecule has 0 aliphatic heterocycles. The van der Waals surface area contributed by atoms with Crippen LogP contribution in [-0.2, 0) is 17.8 Å². The minimum absolute atomic E-state index is 0.130. The Kier molecular flexibility index (Phi) is 6.67. The Hall–Kier alpha value is -1.79. The van der Waals surface area contributed by atoms with E-state index in [1.54, 1.807) is 7.11 Å². The average molecular weight is 362 g/mol. The number of ketones is 1. The van der Waals surface area contributed by atoms with Gasteiger partial charge in [-0.05, 0) is 33.8 Å². The van der Waals surface area contributed by atoms with Crippen molar-refractivity contribution < 1.29 is 9.53 Å². The van der Waals surface area contributed by atoms with Crippen LogP contribution in [0.25, 0.3) is 0 Å². The van der Waals surface area contributed by atoms with E-state index < -0.39 is 0 Å². The van der Waals surface area contributed by atoms with Crippen LogP contribution >= 0.6 is 11.8 Å². The minimum Gasteiger partial charge on any atom is -0.383 e. The molecule has 0 unspecified atom stereocenters. The first-order chi connectivity index (χ1) is 11.9. The van der Waals surface area contributed by atoms with Crippen LogP contribution in [0.3, 0.4) is 0 Å². The van der Waals surface area contributed by atoms with Gasteiger partial charge in [0.15, 0.2) is 10.9 Å². The Labute approximate surface area is 154 Å². The van der Waals surface area contributed by atoms with Gasteiger partial charge in [0.25, 0.3) is 0 Å². The lowest BCUT2D eigenvalue weighted by molar-refractivity contribution is 0.102. The predicted octanol–water partition coefficient (Wildman–Crippen LogP) is 3.73. The van der Waals surface area contributed by atoms with Crippen molar-refractivity contribution in [2.75, 3.05) is 19.5 Å². The maximum absolute atomic E-state index is 12.7. The summed E-state index contributed by atoms with van der Waals surface area (Å²) < 4.78 is 9.41. The molecule has 2 aromatic rings. The molecular weight excluding hydrogens is 334 g/mol. The molecule has 0 bridgehead atoms. The summed E-state index contributed by atoms with van der Waals surface area (Å²) in [6.07, 6.45) is 1.85. The molecule has 0 fully saturated rings. The second-order valence-electron chi connectivity index (χ2n) is 6.11. The lowest BCUT2D eigenvalue weighted by Gasteiger charge is -2.09. The van der Waals surface area contributed by atoms with Crippen LogP contribution < -0.4 is 0 Å². The van der Waals surface area contributed by atoms with Gasteiger partial charge in [0.2, 0.25) is 0 Å². The number of nitrogens with zero attached hydrogens (tertiary/aromatic N) is 3. The number of ether oxygens (including phenoxy) is 1. The number of Topliss-reactive ketones (excluding diaryl/α,β-unsaturated/α-hetero) is 1. The van der Waals surface area contributed by atoms with Gasteiger partial charge in [0, 0.05) is 42.8 Å². The Bertz CT molecular complexity index is 774. The van der Waals surface area contributed by atoms with Gasteiger partial charge in [-0.25, -0.2) is 4.98 Å². The molecule has 0 spiro atoms. The highest BCUT2D eigenvalue weighted by atomic mass is 32.2. The van der Waals surface area contributed by atoms with Gasteiger partial charge >= 0.3 is 0 Å². The molecule has 5 nitrogen and oxygen atoms in total. The van der Waals surface area contributed by atoms with Crippen molar-refractivity contribution in [2.24, 2.45) is 0 Å². The first kappa shape index (κ1) is 19.5. The number of aromatic nitrogens is 3. The molecular formula is C19H27N3O2S. The van der Waals surface area contributed by atoms with Crippen LogP contribution in [0.2, 0.25) is 0 Å². The molecule has 2 rings (SSSR count). The van der Waals surface area contributed by atoms with Gasteiger partial charge in [0.1, 0.15) is 0 Å². The number of carbonyl (C=O) groups excluding carboxylic acids is 1. The van der Waals surface area contributed by atoms with Crippen molar-refractivity contribution in [3.05, 3.63) is 47.1 Å². The highest BCUT2D eigenvalue weighted by molar-refractivity contribution is 7.99. The molecule has 0 aromatic carbocycles. The first-order valence-corrected chi connectivity index (χ1v) is 9.35. The molecule has 0 atom stereocenters. The molecule has 25 heavy (non-hydrogen) atoms. The third-order valence-electron chi connectivity index (χ3n) is 4.46. The van der Waals surface area contributed by atoms with E-state index in [0.717, 1.165) is 46.6 Å². The zero-order valence-electron chi connectivity index (χ0n) is 15.8. The summed E-state index contributed by atoms with van der Waals surface area (Å²) in [7, 11) is 1.69. The molecule has 0 aliphatic rings. The minimum atomic E-state index is 0.130. The molecule has 6 heteroatoms. The van der Waals surface area contributed by atoms with Crippen molar-refractivity contribution in [1.82, 2.24) is 14.1 Å². The highest BCUT2D eigenvalue weighted by Crippen LogP contribution is 2.24. The number of imidazole rings is 1. The number of thioether (sulfide) groups is 1. The number of carbonyl (C=O) groups is 1. The molecule has 2 heterocycles. The van der Waals surface area contributed by atoms with E-state index in [1.165, 1.54) is 11.8 Å². The van der Waals surface area contributed by atoms with Gasteiger partial charge in [-0.15, -0.1) is 6.58 Å². The lowest BCUT2D eigenvalue weighted by atomic mass is 10.2. The fourth-order valence-corrected chi connectivity index (χ4v) is 3.88. The molecule has 0 amide bonds. The molecule has 136 valence electrons. The third kappa shape index (κ3) is 4.25. The molecule has 0 N–H and O–H groups in total. The summed E-state index contributed by atoms with van der Waals surface area (Å²) >= 11 is 1.49. The standard InChI is InChI=1S/C19H27N3O2S/c1-7-8-21-13(2)11-17(16(21)5)18(23)12-25-19-20-14(3)15(4)22(19)9-10-24-6/h7,11H,1,8-10,12H2,2-6H3. The molecule has 0 saturated carbocycles. The number of methoxy groups -OCH3 is 1. The SMILES string of the molecule is C=CCn1c(C)cc(C(=O)CSc2nc(C)c(C)n2CCOC)c1C. The van der Waals surface area contributed by atoms with Crippen LogP contribution in [0.15, 0.2) is 23.9 Å². The molecule has 0 radical (unpaired) electrons. The zero-order chi connectivity index (χ0) is 18.6. The van der Waals surface area contributed by atoms with Gasteiger partial charge in [-0.3, -0.25) is 4.79 Å². The maximum atomic E-state index is 12.7. The highest BCUT2D eigenvalue weighted by Gasteiger charge is 2.18. The second-order valence-corrected chi connectivity index (χ2v) is 7.05. The van der Waals surface area contributed by atoms with E-state index in [-0.39, 0.29) is 5.78 Å². The summed E-state index contributed by atoms with van der Waals surface area (Å²) in [6.45, 7) is 13.9. The molecule has 0 aliphatic carbocycles. The number of hydrogen-bond acceptors (Lipinski definition) is 4. The number of allylic oxidation sites excluding steroid dienone is 1. The third-order valence-corrected chi connectivity index (χ3v) is 5.44. The van der Waals surface area contributed by atoms with Crippen molar-refractivity contribution >= 4 is 17.5 Å². The summed E-state index contributed by atoms with van der Waals surface area (Å²) in [4.78, 5) is 17.3. The molecule has 2 aromatic heterocycles. The molecule has 0 saturated heterocycles. The monoisotopic (exact) mass is 361 g/mol. The van der Waals surface area contributed by atoms with Gasteiger partial charge in [0.05, 0.1) is 18.1 Å². The Balaban J connectivity index is 2.14. The summed E-state index contributed by atoms with van der Waals surface area (Å²) in [5.41, 5.74) is 4.98. The summed E-state index contributed by atoms with van der Waals surface area (Å²) in [5.74, 6) is 0.506. The Morgan fingerprint density at radius 3 is 2.64 bits per heavy atom. The largest absolute Gasteiger partial charge is 0.383 e. The fourth-order valence-electron chi connectivity index (χ4n) is 2.88. The van der Waals surface area contributed by atoms with E-state index in [1.807, 2.05) is 39.8 Å².